The van der Waals surface area contributed by atoms with Crippen molar-refractivity contribution in [1.82, 2.24) is 15.6 Å². The van der Waals surface area contributed by atoms with Crippen LogP contribution in [0.2, 0.25) is 0 Å². The second-order valence-corrected chi connectivity index (χ2v) is 5.64. The fourth-order valence-corrected chi connectivity index (χ4v) is 1.59. The number of benzene rings is 1. The lowest BCUT2D eigenvalue weighted by Crippen LogP contribution is -2.33. The van der Waals surface area contributed by atoms with Gasteiger partial charge in [0, 0.05) is 11.1 Å². The molecular formula is C14H16ClN3O3. The molecule has 112 valence electrons. The number of hydrogen-bond acceptors (Lipinski definition) is 5. The first-order valence-corrected chi connectivity index (χ1v) is 6.90. The Bertz CT molecular complexity index is 634. The molecule has 21 heavy (non-hydrogen) atoms. The third-order valence-corrected chi connectivity index (χ3v) is 2.64. The SMILES string of the molecule is CC(C)(C)ONC(=O)c1cccc(-c2noc(CCl)n2)c1. The summed E-state index contributed by atoms with van der Waals surface area (Å²) in [5, 5.41) is 3.81. The third kappa shape index (κ3) is 4.27. The molecule has 1 N–H and O–H groups in total. The molecule has 0 unspecified atom stereocenters. The van der Waals surface area contributed by atoms with Gasteiger partial charge < -0.3 is 4.52 Å². The lowest BCUT2D eigenvalue weighted by molar-refractivity contribution is -0.0589. The Morgan fingerprint density at radius 3 is 2.81 bits per heavy atom. The summed E-state index contributed by atoms with van der Waals surface area (Å²) in [4.78, 5) is 21.4. The smallest absolute Gasteiger partial charge is 0.274 e. The average Bonchev–Trinajstić information content (AvgIpc) is 2.93. The van der Waals surface area contributed by atoms with E-state index in [2.05, 4.69) is 15.6 Å². The number of rotatable bonds is 4. The Morgan fingerprint density at radius 1 is 1.43 bits per heavy atom. The van der Waals surface area contributed by atoms with Crippen molar-refractivity contribution in [2.45, 2.75) is 32.3 Å². The van der Waals surface area contributed by atoms with Crippen molar-refractivity contribution < 1.29 is 14.2 Å². The Balaban J connectivity index is 2.15. The van der Waals surface area contributed by atoms with Gasteiger partial charge in [-0.3, -0.25) is 9.63 Å². The van der Waals surface area contributed by atoms with Gasteiger partial charge >= 0.3 is 0 Å². The maximum absolute atomic E-state index is 12.0. The van der Waals surface area contributed by atoms with Gasteiger partial charge in [-0.15, -0.1) is 11.6 Å². The highest BCUT2D eigenvalue weighted by Crippen LogP contribution is 2.18. The number of hydrogen-bond donors (Lipinski definition) is 1. The molecule has 0 aliphatic rings. The van der Waals surface area contributed by atoms with Gasteiger partial charge in [-0.1, -0.05) is 17.3 Å². The summed E-state index contributed by atoms with van der Waals surface area (Å²) in [7, 11) is 0. The van der Waals surface area contributed by atoms with Gasteiger partial charge in [0.05, 0.1) is 5.60 Å². The molecule has 0 aliphatic heterocycles. The molecule has 0 bridgehead atoms. The van der Waals surface area contributed by atoms with Gasteiger partial charge in [0.25, 0.3) is 5.91 Å². The number of nitrogens with one attached hydrogen (secondary N) is 1. The van der Waals surface area contributed by atoms with E-state index in [9.17, 15) is 4.79 Å². The molecule has 0 saturated heterocycles. The molecular weight excluding hydrogens is 294 g/mol. The van der Waals surface area contributed by atoms with Gasteiger partial charge in [0.1, 0.15) is 5.88 Å². The highest BCUT2D eigenvalue weighted by Gasteiger charge is 2.15. The van der Waals surface area contributed by atoms with E-state index in [4.69, 9.17) is 21.0 Å². The van der Waals surface area contributed by atoms with E-state index in [1.807, 2.05) is 20.8 Å². The zero-order valence-corrected chi connectivity index (χ0v) is 12.8. The van der Waals surface area contributed by atoms with E-state index in [1.54, 1.807) is 24.3 Å². The van der Waals surface area contributed by atoms with Crippen LogP contribution in [0.3, 0.4) is 0 Å². The molecule has 0 radical (unpaired) electrons. The number of hydroxylamine groups is 1. The number of nitrogens with zero attached hydrogens (tertiary/aromatic N) is 2. The number of halogens is 1. The van der Waals surface area contributed by atoms with Gasteiger partial charge in [-0.25, -0.2) is 5.48 Å². The first-order chi connectivity index (χ1) is 9.89. The quantitative estimate of drug-likeness (QED) is 0.694. The van der Waals surface area contributed by atoms with Crippen LogP contribution >= 0.6 is 11.6 Å². The van der Waals surface area contributed by atoms with Gasteiger partial charge in [0.15, 0.2) is 0 Å². The molecule has 0 fully saturated rings. The van der Waals surface area contributed by atoms with E-state index in [-0.39, 0.29) is 11.8 Å². The molecule has 1 aromatic carbocycles. The molecule has 2 aromatic rings. The standard InChI is InChI=1S/C14H16ClN3O3/c1-14(2,3)21-18-13(19)10-6-4-5-9(7-10)12-16-11(8-15)20-17-12/h4-7H,8H2,1-3H3,(H,18,19). The van der Waals surface area contributed by atoms with Crippen LogP contribution in [0.15, 0.2) is 28.8 Å². The Kier molecular flexibility index (Phi) is 4.59. The fraction of sp³-hybridized carbons (Fsp3) is 0.357. The lowest BCUT2D eigenvalue weighted by atomic mass is 10.1. The zero-order chi connectivity index (χ0) is 15.5. The molecule has 0 saturated carbocycles. The van der Waals surface area contributed by atoms with E-state index in [0.29, 0.717) is 22.8 Å². The molecule has 7 heteroatoms. The Labute approximate surface area is 127 Å². The Morgan fingerprint density at radius 2 is 2.19 bits per heavy atom. The first kappa shape index (κ1) is 15.5. The summed E-state index contributed by atoms with van der Waals surface area (Å²) in [5.41, 5.74) is 3.05. The second-order valence-electron chi connectivity index (χ2n) is 5.37. The summed E-state index contributed by atoms with van der Waals surface area (Å²) in [6.07, 6.45) is 0. The van der Waals surface area contributed by atoms with Crippen molar-refractivity contribution in [3.8, 4) is 11.4 Å². The van der Waals surface area contributed by atoms with E-state index in [0.717, 1.165) is 0 Å². The van der Waals surface area contributed by atoms with Crippen LogP contribution < -0.4 is 5.48 Å². The first-order valence-electron chi connectivity index (χ1n) is 6.36. The van der Waals surface area contributed by atoms with E-state index >= 15 is 0 Å². The summed E-state index contributed by atoms with van der Waals surface area (Å²) in [6.45, 7) is 5.53. The molecule has 2 rings (SSSR count). The number of carbonyl (C=O) groups excluding carboxylic acids is 1. The lowest BCUT2D eigenvalue weighted by Gasteiger charge is -2.18. The van der Waals surface area contributed by atoms with Crippen molar-refractivity contribution in [3.05, 3.63) is 35.7 Å². The van der Waals surface area contributed by atoms with Crippen LogP contribution in [0, 0.1) is 0 Å². The van der Waals surface area contributed by atoms with Crippen molar-refractivity contribution in [2.75, 3.05) is 0 Å². The van der Waals surface area contributed by atoms with Crippen LogP contribution in [-0.4, -0.2) is 21.6 Å². The zero-order valence-electron chi connectivity index (χ0n) is 12.0. The highest BCUT2D eigenvalue weighted by molar-refractivity contribution is 6.16. The minimum absolute atomic E-state index is 0.145. The highest BCUT2D eigenvalue weighted by atomic mass is 35.5. The topological polar surface area (TPSA) is 77.2 Å². The number of amides is 1. The van der Waals surface area contributed by atoms with Gasteiger partial charge in [0.2, 0.25) is 11.7 Å². The third-order valence-electron chi connectivity index (χ3n) is 2.42. The largest absolute Gasteiger partial charge is 0.338 e. The number of aromatic nitrogens is 2. The van der Waals surface area contributed by atoms with Crippen molar-refractivity contribution in [2.24, 2.45) is 0 Å². The summed E-state index contributed by atoms with van der Waals surface area (Å²) < 4.78 is 4.94. The predicted octanol–water partition coefficient (Wildman–Crippen LogP) is 2.94. The van der Waals surface area contributed by atoms with Crippen LogP contribution in [0.25, 0.3) is 11.4 Å². The number of alkyl halides is 1. The second kappa shape index (κ2) is 6.24. The molecule has 1 amide bonds. The van der Waals surface area contributed by atoms with Crippen molar-refractivity contribution in [3.63, 3.8) is 0 Å². The normalized spacial score (nSPS) is 11.4. The van der Waals surface area contributed by atoms with Gasteiger partial charge in [-0.05, 0) is 32.9 Å². The maximum Gasteiger partial charge on any atom is 0.274 e. The monoisotopic (exact) mass is 309 g/mol. The number of carbonyl (C=O) groups is 1. The molecule has 1 aromatic heterocycles. The molecule has 1 heterocycles. The van der Waals surface area contributed by atoms with Crippen LogP contribution in [0.4, 0.5) is 0 Å². The molecule has 0 spiro atoms. The van der Waals surface area contributed by atoms with E-state index < -0.39 is 5.60 Å². The minimum Gasteiger partial charge on any atom is -0.338 e. The van der Waals surface area contributed by atoms with Crippen molar-refractivity contribution in [1.29, 1.82) is 0 Å². The van der Waals surface area contributed by atoms with E-state index in [1.165, 1.54) is 0 Å². The summed E-state index contributed by atoms with van der Waals surface area (Å²) in [5.74, 6) is 0.523. The van der Waals surface area contributed by atoms with Crippen LogP contribution in [0.1, 0.15) is 37.0 Å². The predicted molar refractivity (Wildman–Crippen MR) is 77.6 cm³/mol. The minimum atomic E-state index is -0.462. The van der Waals surface area contributed by atoms with Gasteiger partial charge in [-0.2, -0.15) is 4.98 Å². The Hall–Kier alpha value is -1.92. The van der Waals surface area contributed by atoms with Crippen LogP contribution in [0.5, 0.6) is 0 Å². The fourth-order valence-electron chi connectivity index (χ4n) is 1.48. The molecule has 6 nitrogen and oxygen atoms in total. The molecule has 0 atom stereocenters. The molecule has 0 aliphatic carbocycles. The summed E-state index contributed by atoms with van der Waals surface area (Å²) in [6, 6.07) is 6.85. The van der Waals surface area contributed by atoms with Crippen molar-refractivity contribution >= 4 is 17.5 Å². The average molecular weight is 310 g/mol. The summed E-state index contributed by atoms with van der Waals surface area (Å²) >= 11 is 5.62. The maximum atomic E-state index is 12.0. The van der Waals surface area contributed by atoms with Crippen LogP contribution in [-0.2, 0) is 10.7 Å².